The molecule has 2 saturated heterocycles. The first-order valence-corrected chi connectivity index (χ1v) is 36.1. The minimum atomic E-state index is -3.79. The lowest BCUT2D eigenvalue weighted by atomic mass is 9.80. The van der Waals surface area contributed by atoms with E-state index < -0.39 is 121 Å². The van der Waals surface area contributed by atoms with E-state index >= 15 is 4.39 Å². The number of aromatic nitrogens is 10. The van der Waals surface area contributed by atoms with Crippen molar-refractivity contribution in [3.63, 3.8) is 0 Å². The number of carbonyl (C=O) groups is 2. The second-order valence-electron chi connectivity index (χ2n) is 24.1. The van der Waals surface area contributed by atoms with Crippen LogP contribution in [0.4, 0.5) is 16.2 Å². The molecule has 2 fully saturated rings. The molecule has 2 unspecified atom stereocenters. The molecular formula is C65H74FN13O15P2Si. The van der Waals surface area contributed by atoms with Gasteiger partial charge in [0.2, 0.25) is 11.9 Å². The molecule has 0 saturated carbocycles. The number of alkyl halides is 1. The fourth-order valence-corrected chi connectivity index (χ4v) is 13.4. The van der Waals surface area contributed by atoms with Gasteiger partial charge in [-0.25, -0.2) is 19.3 Å². The van der Waals surface area contributed by atoms with Crippen LogP contribution in [0.1, 0.15) is 80.5 Å². The van der Waals surface area contributed by atoms with E-state index in [0.717, 1.165) is 11.0 Å². The van der Waals surface area contributed by atoms with Gasteiger partial charge < -0.3 is 51.9 Å². The molecule has 2 aliphatic heterocycles. The molecule has 510 valence electrons. The van der Waals surface area contributed by atoms with Crippen molar-refractivity contribution in [3.8, 4) is 17.6 Å². The van der Waals surface area contributed by atoms with Gasteiger partial charge in [0, 0.05) is 23.9 Å². The molecule has 4 aromatic carbocycles. The van der Waals surface area contributed by atoms with Gasteiger partial charge >= 0.3 is 16.9 Å². The number of ether oxygens (including phenoxy) is 5. The molecule has 9 aromatic rings. The number of amides is 2. The third-order valence-electron chi connectivity index (χ3n) is 16.4. The summed E-state index contributed by atoms with van der Waals surface area (Å²) < 4.78 is 98.0. The zero-order chi connectivity index (χ0) is 69.0. The quantitative estimate of drug-likeness (QED) is 0.0169. The summed E-state index contributed by atoms with van der Waals surface area (Å²) in [6.45, 7) is 12.0. The number of nitrogens with zero attached hydrogens (tertiary/aromatic N) is 10. The van der Waals surface area contributed by atoms with E-state index in [-0.39, 0.29) is 47.1 Å². The number of pyridine rings is 1. The number of halogens is 1. The Hall–Kier alpha value is -8.66. The molecule has 11 rings (SSSR count). The molecule has 28 nitrogen and oxygen atoms in total. The van der Waals surface area contributed by atoms with Gasteiger partial charge in [0.25, 0.3) is 11.5 Å². The summed E-state index contributed by atoms with van der Waals surface area (Å²) >= 11 is 0. The Morgan fingerprint density at radius 3 is 2.00 bits per heavy atom. The number of aromatic amines is 1. The Kier molecular flexibility index (Phi) is 23.2. The van der Waals surface area contributed by atoms with Crippen molar-refractivity contribution in [2.24, 2.45) is 5.92 Å². The Morgan fingerprint density at radius 1 is 0.794 bits per heavy atom. The van der Waals surface area contributed by atoms with Crippen LogP contribution < -0.4 is 25.7 Å². The fraction of sp³-hybridized carbons (Fsp3) is 0.369. The molecular weight excluding hydrogens is 1310 g/mol. The number of H-pyrrole nitrogens is 1. The van der Waals surface area contributed by atoms with Crippen molar-refractivity contribution in [1.82, 2.24) is 49.5 Å². The number of anilines is 2. The van der Waals surface area contributed by atoms with Crippen LogP contribution in [0.5, 0.6) is 11.5 Å². The Labute approximate surface area is 560 Å². The summed E-state index contributed by atoms with van der Waals surface area (Å²) in [7, 11) is -6.34. The average Bonchev–Trinajstić information content (AvgIpc) is 1.70. The van der Waals surface area contributed by atoms with Crippen LogP contribution in [0.2, 0.25) is 18.1 Å². The van der Waals surface area contributed by atoms with Gasteiger partial charge in [-0.1, -0.05) is 119 Å². The van der Waals surface area contributed by atoms with E-state index in [2.05, 4.69) is 50.8 Å². The third kappa shape index (κ3) is 16.3. The number of benzene rings is 4. The number of imidazole rings is 1. The number of fused-ring (bicyclic) bond motifs is 2. The molecule has 7 heterocycles. The maximum absolute atomic E-state index is 18.3. The molecule has 32 heteroatoms. The van der Waals surface area contributed by atoms with E-state index in [0.29, 0.717) is 33.8 Å². The van der Waals surface area contributed by atoms with Crippen LogP contribution >= 0.6 is 16.9 Å². The predicted octanol–water partition coefficient (Wildman–Crippen LogP) is 10.2. The largest absolute Gasteiger partial charge is 0.497 e. The van der Waals surface area contributed by atoms with Crippen LogP contribution in [0.3, 0.4) is 0 Å². The first kappa shape index (κ1) is 71.1. The zero-order valence-electron chi connectivity index (χ0n) is 54.4. The smallest absolute Gasteiger partial charge is 0.333 e. The molecule has 0 spiro atoms. The van der Waals surface area contributed by atoms with Gasteiger partial charge in [0.05, 0.1) is 52.9 Å². The molecule has 2 amide bonds. The number of rotatable bonds is 26. The normalized spacial score (nSPS) is 20.2. The third-order valence-corrected chi connectivity index (χ3v) is 22.6. The molecule has 10 atom stereocenters. The minimum absolute atomic E-state index is 0.00922. The van der Waals surface area contributed by atoms with Crippen LogP contribution in [-0.4, -0.2) is 145 Å². The first-order valence-electron chi connectivity index (χ1n) is 30.8. The van der Waals surface area contributed by atoms with E-state index in [1.165, 1.54) is 10.9 Å². The standard InChI is InChI=1S/C60H69FN12O15P2Si.C5H5N/c1-35(2)53(74)68-58-67-52-46(55(76)69-58)65-34-72(52)57-49(86-89(77)78)48(88-91(8,9)59(3,4)5)43(85-57)32-83-90(82-30-16-29-62)87-47-42(84-56(44(47)61)73-51-45(70-71-73)50(63-33-64-51)66-54(75)36-17-12-10-13-18-36)31-81-60(37-19-14-11-15-20-37,38-21-25-40(79-6)26-22-38)39-23-27-41(80-7)28-24-39;1-2-4-6-5-3-1/h10-15,17-28,33-35,42-44,47-49,56-57,89H,16,30-32H2,1-9H3,(H,77,78)(H,63,64,66,75)(H2,67,68,69,74,76);1-5H/t42-,43-,44+,47-,48-,49+,56-,57-,90?;/m1./s1. The van der Waals surface area contributed by atoms with Crippen LogP contribution in [0, 0.1) is 17.2 Å². The SMILES string of the molecule is COc1ccc(C(OC[C@H]2O[C@@H](n3nnc4c(NC(=O)c5ccccc5)ncnc43)[C@@H](F)[C@@H]2OP(OCCC#N)OC[C@H]2O[C@@H](n3cnc4c(=O)[nH]c(NC(=O)C(C)C)nc43)[C@@H](O[PH](=O)O)[C@@H]2O[Si](C)(C)C(C)(C)C)(c2ccccc2)c2ccc(OC)cc2)cc1.c1ccncc1. The molecule has 97 heavy (non-hydrogen) atoms. The second kappa shape index (κ2) is 31.7. The molecule has 0 bridgehead atoms. The highest BCUT2D eigenvalue weighted by molar-refractivity contribution is 7.41. The second-order valence-corrected chi connectivity index (χ2v) is 30.8. The lowest BCUT2D eigenvalue weighted by Crippen LogP contribution is -2.50. The van der Waals surface area contributed by atoms with Crippen LogP contribution in [0.15, 0.2) is 157 Å². The maximum Gasteiger partial charge on any atom is 0.333 e. The van der Waals surface area contributed by atoms with Gasteiger partial charge in [-0.15, -0.1) is 5.10 Å². The summed E-state index contributed by atoms with van der Waals surface area (Å²) in [6.07, 6.45) is -6.32. The van der Waals surface area contributed by atoms with Gasteiger partial charge in [0.1, 0.15) is 53.9 Å². The van der Waals surface area contributed by atoms with E-state index in [1.54, 1.807) is 95.1 Å². The van der Waals surface area contributed by atoms with Gasteiger partial charge in [-0.3, -0.25) is 43.3 Å². The molecule has 4 N–H and O–H groups in total. The predicted molar refractivity (Wildman–Crippen MR) is 356 cm³/mol. The van der Waals surface area contributed by atoms with Gasteiger partial charge in [-0.05, 0) is 83.4 Å². The summed E-state index contributed by atoms with van der Waals surface area (Å²) in [6, 6.07) is 40.1. The highest BCUT2D eigenvalue weighted by Crippen LogP contribution is 2.51. The number of nitrogens with one attached hydrogen (secondary N) is 3. The molecule has 2 aliphatic rings. The minimum Gasteiger partial charge on any atom is -0.497 e. The van der Waals surface area contributed by atoms with Crippen molar-refractivity contribution in [3.05, 3.63) is 185 Å². The zero-order valence-corrected chi connectivity index (χ0v) is 57.3. The van der Waals surface area contributed by atoms with Crippen molar-refractivity contribution >= 4 is 71.1 Å². The topological polar surface area (TPSA) is 345 Å². The average molecular weight is 1390 g/mol. The highest BCUT2D eigenvalue weighted by Gasteiger charge is 2.55. The number of nitriles is 1. The Bertz CT molecular complexity index is 4160. The van der Waals surface area contributed by atoms with Crippen LogP contribution in [-0.2, 0) is 51.7 Å². The summed E-state index contributed by atoms with van der Waals surface area (Å²) in [4.78, 5) is 74.0. The van der Waals surface area contributed by atoms with Gasteiger partial charge in [-0.2, -0.15) is 14.9 Å². The number of methoxy groups -OCH3 is 2. The number of hydrogen-bond donors (Lipinski definition) is 4. The number of carbonyl (C=O) groups excluding carboxylic acids is 2. The maximum atomic E-state index is 18.3. The lowest BCUT2D eigenvalue weighted by Gasteiger charge is -2.40. The summed E-state index contributed by atoms with van der Waals surface area (Å²) in [5.41, 5.74) is -0.112. The van der Waals surface area contributed by atoms with Crippen molar-refractivity contribution < 1.29 is 69.6 Å². The molecule has 5 aromatic heterocycles. The fourth-order valence-electron chi connectivity index (χ4n) is 10.4. The molecule has 0 radical (unpaired) electrons. The number of hydrogen-bond acceptors (Lipinski definition) is 22. The van der Waals surface area contributed by atoms with Crippen molar-refractivity contribution in [2.75, 3.05) is 44.7 Å². The first-order chi connectivity index (χ1) is 46.6. The van der Waals surface area contributed by atoms with Gasteiger partial charge in [0.15, 0.2) is 55.1 Å². The summed E-state index contributed by atoms with van der Waals surface area (Å²) in [5, 5.41) is 23.3. The Morgan fingerprint density at radius 2 is 1.41 bits per heavy atom. The van der Waals surface area contributed by atoms with Crippen LogP contribution in [0.25, 0.3) is 22.3 Å². The summed E-state index contributed by atoms with van der Waals surface area (Å²) in [5.74, 6) is -0.496. The van der Waals surface area contributed by atoms with Crippen molar-refractivity contribution in [2.45, 2.75) is 114 Å². The van der Waals surface area contributed by atoms with E-state index in [4.69, 9.17) is 46.2 Å². The van der Waals surface area contributed by atoms with Crippen molar-refractivity contribution in [1.29, 1.82) is 5.26 Å². The highest BCUT2D eigenvalue weighted by atomic mass is 31.2. The van der Waals surface area contributed by atoms with E-state index in [1.807, 2.05) is 113 Å². The lowest BCUT2D eigenvalue weighted by molar-refractivity contribution is -0.118. The molecule has 0 aliphatic carbocycles. The van der Waals surface area contributed by atoms with E-state index in [9.17, 15) is 29.1 Å². The monoisotopic (exact) mass is 1390 g/mol. The Balaban J connectivity index is 0.00000161.